The van der Waals surface area contributed by atoms with Gasteiger partial charge >= 0.3 is 0 Å². The number of hydrogen-bond acceptors (Lipinski definition) is 6. The van der Waals surface area contributed by atoms with Crippen LogP contribution in [0.2, 0.25) is 0 Å². The molecule has 0 bridgehead atoms. The van der Waals surface area contributed by atoms with E-state index >= 15 is 0 Å². The van der Waals surface area contributed by atoms with Crippen LogP contribution in [0.4, 0.5) is 0 Å². The summed E-state index contributed by atoms with van der Waals surface area (Å²) in [5, 5.41) is 3.79. The van der Waals surface area contributed by atoms with E-state index in [1.54, 1.807) is 43.6 Å². The molecule has 0 saturated heterocycles. The Bertz CT molecular complexity index is 898. The number of hydrazone groups is 1. The Kier molecular flexibility index (Phi) is 6.42. The Morgan fingerprint density at radius 3 is 2.81 bits per heavy atom. The number of methoxy groups -OCH3 is 1. The summed E-state index contributed by atoms with van der Waals surface area (Å²) < 4.78 is 31.5. The fourth-order valence-electron chi connectivity index (χ4n) is 2.11. The Hall–Kier alpha value is -2.78. The van der Waals surface area contributed by atoms with Gasteiger partial charge in [-0.15, -0.1) is 0 Å². The molecule has 0 aliphatic carbocycles. The fourth-order valence-corrected chi connectivity index (χ4v) is 3.47. The lowest BCUT2D eigenvalue weighted by Gasteiger charge is -2.18. The smallest absolute Gasteiger partial charge is 0.255 e. The molecule has 0 fully saturated rings. The third-order valence-corrected chi connectivity index (χ3v) is 5.29. The Labute approximate surface area is 152 Å². The zero-order valence-corrected chi connectivity index (χ0v) is 15.5. The molecule has 2 aromatic rings. The predicted molar refractivity (Wildman–Crippen MR) is 97.5 cm³/mol. The molecule has 1 N–H and O–H groups in total. The first-order chi connectivity index (χ1) is 12.3. The summed E-state index contributed by atoms with van der Waals surface area (Å²) in [6.45, 7) is 1.39. The van der Waals surface area contributed by atoms with E-state index in [4.69, 9.17) is 4.74 Å². The van der Waals surface area contributed by atoms with E-state index in [-0.39, 0.29) is 17.2 Å². The van der Waals surface area contributed by atoms with E-state index in [1.807, 2.05) is 0 Å². The minimum Gasteiger partial charge on any atom is -0.495 e. The zero-order chi connectivity index (χ0) is 19.2. The highest BCUT2D eigenvalue weighted by Gasteiger charge is 2.26. The van der Waals surface area contributed by atoms with Crippen LogP contribution in [0.25, 0.3) is 0 Å². The number of nitrogens with one attached hydrogen (secondary N) is 1. The molecule has 0 aliphatic heterocycles. The molecule has 1 heterocycles. The van der Waals surface area contributed by atoms with Crippen LogP contribution in [0.1, 0.15) is 11.1 Å². The van der Waals surface area contributed by atoms with E-state index in [1.165, 1.54) is 26.4 Å². The highest BCUT2D eigenvalue weighted by Crippen LogP contribution is 2.26. The van der Waals surface area contributed by atoms with E-state index in [9.17, 15) is 13.2 Å². The minimum absolute atomic E-state index is 0.00848. The maximum atomic E-state index is 12.7. The van der Waals surface area contributed by atoms with Gasteiger partial charge in [0.1, 0.15) is 10.6 Å². The predicted octanol–water partition coefficient (Wildman–Crippen LogP) is 1.17. The third kappa shape index (κ3) is 4.87. The number of sulfonamides is 1. The fraction of sp³-hybridized carbons (Fsp3) is 0.235. The molecule has 0 saturated carbocycles. The summed E-state index contributed by atoms with van der Waals surface area (Å²) >= 11 is 0. The molecule has 2 rings (SSSR count). The van der Waals surface area contributed by atoms with Gasteiger partial charge in [0.05, 0.1) is 19.9 Å². The van der Waals surface area contributed by atoms with Gasteiger partial charge in [-0.1, -0.05) is 12.1 Å². The van der Waals surface area contributed by atoms with Gasteiger partial charge in [0.15, 0.2) is 0 Å². The average Bonchev–Trinajstić information content (AvgIpc) is 2.62. The summed E-state index contributed by atoms with van der Waals surface area (Å²) in [5.41, 5.74) is 3.76. The zero-order valence-electron chi connectivity index (χ0n) is 14.7. The second-order valence-corrected chi connectivity index (χ2v) is 7.51. The number of hydrogen-bond donors (Lipinski definition) is 1. The number of benzene rings is 1. The quantitative estimate of drug-likeness (QED) is 0.577. The van der Waals surface area contributed by atoms with E-state index in [0.29, 0.717) is 5.56 Å². The number of rotatable bonds is 7. The summed E-state index contributed by atoms with van der Waals surface area (Å²) in [6, 6.07) is 8.33. The number of likely N-dealkylation sites (N-methyl/N-ethyl adjacent to an activating group) is 1. The number of carbonyl (C=O) groups is 1. The number of nitrogens with zero attached hydrogens (tertiary/aromatic N) is 3. The molecular formula is C17H20N4O4S. The van der Waals surface area contributed by atoms with Crippen molar-refractivity contribution in [2.45, 2.75) is 11.8 Å². The number of ether oxygens (including phenoxy) is 1. The molecule has 138 valence electrons. The van der Waals surface area contributed by atoms with Crippen LogP contribution in [0, 0.1) is 6.92 Å². The molecule has 1 amide bonds. The summed E-state index contributed by atoms with van der Waals surface area (Å²) in [4.78, 5) is 15.9. The number of pyridine rings is 1. The van der Waals surface area contributed by atoms with Crippen LogP contribution in [0.3, 0.4) is 0 Å². The summed E-state index contributed by atoms with van der Waals surface area (Å²) in [7, 11) is -1.18. The number of aryl methyl sites for hydroxylation is 1. The molecule has 0 spiro atoms. The van der Waals surface area contributed by atoms with Crippen LogP contribution in [0.5, 0.6) is 5.75 Å². The molecule has 1 aromatic heterocycles. The van der Waals surface area contributed by atoms with Crippen molar-refractivity contribution in [1.29, 1.82) is 0 Å². The first-order valence-corrected chi connectivity index (χ1v) is 9.11. The summed E-state index contributed by atoms with van der Waals surface area (Å²) in [6.07, 6.45) is 4.62. The van der Waals surface area contributed by atoms with Crippen LogP contribution in [-0.2, 0) is 14.8 Å². The number of aromatic nitrogens is 1. The second kappa shape index (κ2) is 8.54. The van der Waals surface area contributed by atoms with Crippen LogP contribution >= 0.6 is 0 Å². The van der Waals surface area contributed by atoms with Crippen molar-refractivity contribution in [2.24, 2.45) is 5.10 Å². The van der Waals surface area contributed by atoms with Crippen molar-refractivity contribution >= 4 is 22.1 Å². The van der Waals surface area contributed by atoms with Gasteiger partial charge in [-0.25, -0.2) is 13.8 Å². The normalized spacial score (nSPS) is 11.7. The largest absolute Gasteiger partial charge is 0.495 e. The van der Waals surface area contributed by atoms with Gasteiger partial charge in [0.25, 0.3) is 5.91 Å². The highest BCUT2D eigenvalue weighted by atomic mass is 32.2. The van der Waals surface area contributed by atoms with Crippen LogP contribution < -0.4 is 10.2 Å². The lowest BCUT2D eigenvalue weighted by atomic mass is 10.2. The van der Waals surface area contributed by atoms with Crippen molar-refractivity contribution in [3.05, 3.63) is 53.9 Å². The minimum atomic E-state index is -3.89. The SMILES string of the molecule is COc1ccc(C)cc1S(=O)(=O)N(C)CC(=O)NN=Cc1cccnc1. The highest BCUT2D eigenvalue weighted by molar-refractivity contribution is 7.89. The Balaban J connectivity index is 2.06. The molecule has 8 nitrogen and oxygen atoms in total. The molecule has 1 aromatic carbocycles. The van der Waals surface area contributed by atoms with E-state index in [0.717, 1.165) is 9.87 Å². The van der Waals surface area contributed by atoms with Gasteiger partial charge in [-0.05, 0) is 30.7 Å². The molecule has 26 heavy (non-hydrogen) atoms. The van der Waals surface area contributed by atoms with Gasteiger partial charge in [-0.2, -0.15) is 9.41 Å². The molecule has 0 unspecified atom stereocenters. The number of carbonyl (C=O) groups excluding carboxylic acids is 1. The van der Waals surface area contributed by atoms with Crippen LogP contribution in [0.15, 0.2) is 52.7 Å². The first kappa shape index (κ1) is 19.5. The standard InChI is InChI=1S/C17H20N4O4S/c1-13-6-7-15(25-3)16(9-13)26(23,24)21(2)12-17(22)20-19-11-14-5-4-8-18-10-14/h4-11H,12H2,1-3H3,(H,20,22). The lowest BCUT2D eigenvalue weighted by molar-refractivity contribution is -0.121. The molecule has 0 atom stereocenters. The van der Waals surface area contributed by atoms with Crippen molar-refractivity contribution in [3.63, 3.8) is 0 Å². The van der Waals surface area contributed by atoms with Gasteiger partial charge in [0.2, 0.25) is 10.0 Å². The average molecular weight is 376 g/mol. The van der Waals surface area contributed by atoms with Crippen molar-refractivity contribution < 1.29 is 17.9 Å². The molecule has 0 radical (unpaired) electrons. The Morgan fingerprint density at radius 1 is 1.38 bits per heavy atom. The first-order valence-electron chi connectivity index (χ1n) is 7.67. The van der Waals surface area contributed by atoms with Gasteiger partial charge in [0, 0.05) is 25.0 Å². The third-order valence-electron chi connectivity index (χ3n) is 3.46. The lowest BCUT2D eigenvalue weighted by Crippen LogP contribution is -2.36. The van der Waals surface area contributed by atoms with Crippen molar-refractivity contribution in [3.8, 4) is 5.75 Å². The van der Waals surface area contributed by atoms with Gasteiger partial charge in [-0.3, -0.25) is 9.78 Å². The van der Waals surface area contributed by atoms with Gasteiger partial charge < -0.3 is 4.74 Å². The number of amides is 1. The molecule has 9 heteroatoms. The van der Waals surface area contributed by atoms with E-state index in [2.05, 4.69) is 15.5 Å². The monoisotopic (exact) mass is 376 g/mol. The maximum absolute atomic E-state index is 12.7. The summed E-state index contributed by atoms with van der Waals surface area (Å²) in [5.74, 6) is -0.347. The molecular weight excluding hydrogens is 356 g/mol. The van der Waals surface area contributed by atoms with Crippen molar-refractivity contribution in [1.82, 2.24) is 14.7 Å². The van der Waals surface area contributed by atoms with E-state index < -0.39 is 15.9 Å². The topological polar surface area (TPSA) is 101 Å². The van der Waals surface area contributed by atoms with Crippen molar-refractivity contribution in [2.75, 3.05) is 20.7 Å². The second-order valence-electron chi connectivity index (χ2n) is 5.49. The Morgan fingerprint density at radius 2 is 2.15 bits per heavy atom. The molecule has 0 aliphatic rings. The van der Waals surface area contributed by atoms with Crippen LogP contribution in [-0.4, -0.2) is 50.5 Å². The maximum Gasteiger partial charge on any atom is 0.255 e.